The Morgan fingerprint density at radius 2 is 2.06 bits per heavy atom. The second kappa shape index (κ2) is 5.17. The summed E-state index contributed by atoms with van der Waals surface area (Å²) in [6.45, 7) is 5.82. The number of aliphatic hydroxyl groups is 1. The molecule has 0 aromatic rings. The largest absolute Gasteiger partial charge is 0.481 e. The maximum atomic E-state index is 11.3. The van der Waals surface area contributed by atoms with E-state index in [0.29, 0.717) is 6.42 Å². The van der Waals surface area contributed by atoms with Crippen LogP contribution in [0.25, 0.3) is 0 Å². The van der Waals surface area contributed by atoms with Crippen LogP contribution in [-0.2, 0) is 4.79 Å². The summed E-state index contributed by atoms with van der Waals surface area (Å²) in [5, 5.41) is 20.1. The third-order valence-corrected chi connectivity index (χ3v) is 4.05. The topological polar surface area (TPSA) is 57.5 Å². The Morgan fingerprint density at radius 1 is 1.44 bits per heavy atom. The number of rotatable bonds is 4. The molecular formula is C13H24O3. The Labute approximate surface area is 97.9 Å². The van der Waals surface area contributed by atoms with Gasteiger partial charge in [0.15, 0.2) is 0 Å². The van der Waals surface area contributed by atoms with Gasteiger partial charge in [0, 0.05) is 0 Å². The van der Waals surface area contributed by atoms with E-state index in [9.17, 15) is 15.0 Å². The highest BCUT2D eigenvalue weighted by molar-refractivity contribution is 5.72. The standard InChI is InChI=1S/C13H24O3/c1-4-10-7-5-6-8-13(10,16)11(9(2)3)12(14)15/h9-11,16H,4-8H2,1-3H3,(H,14,15). The molecule has 0 aliphatic heterocycles. The third-order valence-electron chi connectivity index (χ3n) is 4.05. The van der Waals surface area contributed by atoms with Crippen LogP contribution in [-0.4, -0.2) is 21.8 Å². The van der Waals surface area contributed by atoms with E-state index >= 15 is 0 Å². The van der Waals surface area contributed by atoms with Crippen LogP contribution in [0.2, 0.25) is 0 Å². The molecule has 1 aliphatic carbocycles. The van der Waals surface area contributed by atoms with Crippen LogP contribution in [0, 0.1) is 17.8 Å². The van der Waals surface area contributed by atoms with Gasteiger partial charge in [0.1, 0.15) is 0 Å². The number of carbonyl (C=O) groups is 1. The third kappa shape index (κ3) is 2.40. The van der Waals surface area contributed by atoms with E-state index < -0.39 is 17.5 Å². The lowest BCUT2D eigenvalue weighted by Crippen LogP contribution is -2.52. The summed E-state index contributed by atoms with van der Waals surface area (Å²) in [7, 11) is 0. The van der Waals surface area contributed by atoms with Gasteiger partial charge in [-0.1, -0.05) is 40.0 Å². The Balaban J connectivity index is 2.97. The van der Waals surface area contributed by atoms with E-state index in [1.54, 1.807) is 0 Å². The second-order valence-corrected chi connectivity index (χ2v) is 5.40. The molecule has 0 spiro atoms. The normalized spacial score (nSPS) is 32.7. The van der Waals surface area contributed by atoms with E-state index in [1.807, 2.05) is 20.8 Å². The molecular weight excluding hydrogens is 204 g/mol. The van der Waals surface area contributed by atoms with Crippen molar-refractivity contribution in [3.8, 4) is 0 Å². The molecule has 1 saturated carbocycles. The fourth-order valence-electron chi connectivity index (χ4n) is 3.30. The SMILES string of the molecule is CCC1CCCCC1(O)C(C(=O)O)C(C)C. The minimum Gasteiger partial charge on any atom is -0.481 e. The lowest BCUT2D eigenvalue weighted by Gasteiger charge is -2.45. The Hall–Kier alpha value is -0.570. The summed E-state index contributed by atoms with van der Waals surface area (Å²) < 4.78 is 0. The van der Waals surface area contributed by atoms with Crippen molar-refractivity contribution in [1.29, 1.82) is 0 Å². The molecule has 16 heavy (non-hydrogen) atoms. The Bertz CT molecular complexity index is 250. The average Bonchev–Trinajstić information content (AvgIpc) is 2.16. The van der Waals surface area contributed by atoms with Crippen LogP contribution in [0.5, 0.6) is 0 Å². The first-order chi connectivity index (χ1) is 7.43. The van der Waals surface area contributed by atoms with Crippen molar-refractivity contribution in [1.82, 2.24) is 0 Å². The second-order valence-electron chi connectivity index (χ2n) is 5.40. The molecule has 1 rings (SSSR count). The van der Waals surface area contributed by atoms with Crippen LogP contribution >= 0.6 is 0 Å². The fourth-order valence-corrected chi connectivity index (χ4v) is 3.30. The summed E-state index contributed by atoms with van der Waals surface area (Å²) in [6.07, 6.45) is 4.53. The summed E-state index contributed by atoms with van der Waals surface area (Å²) >= 11 is 0. The number of aliphatic carboxylic acids is 1. The quantitative estimate of drug-likeness (QED) is 0.777. The zero-order chi connectivity index (χ0) is 12.3. The molecule has 0 aromatic heterocycles. The van der Waals surface area contributed by atoms with Gasteiger partial charge in [-0.2, -0.15) is 0 Å². The number of hydrogen-bond acceptors (Lipinski definition) is 2. The lowest BCUT2D eigenvalue weighted by atomic mass is 9.64. The predicted molar refractivity (Wildman–Crippen MR) is 63.2 cm³/mol. The van der Waals surface area contributed by atoms with E-state index in [-0.39, 0.29) is 11.8 Å². The van der Waals surface area contributed by atoms with Crippen molar-refractivity contribution in [3.05, 3.63) is 0 Å². The van der Waals surface area contributed by atoms with E-state index in [4.69, 9.17) is 0 Å². The highest BCUT2D eigenvalue weighted by Gasteiger charge is 2.48. The van der Waals surface area contributed by atoms with Crippen LogP contribution in [0.4, 0.5) is 0 Å². The van der Waals surface area contributed by atoms with Crippen molar-refractivity contribution in [2.75, 3.05) is 0 Å². The molecule has 94 valence electrons. The zero-order valence-electron chi connectivity index (χ0n) is 10.6. The van der Waals surface area contributed by atoms with Gasteiger partial charge in [0.05, 0.1) is 11.5 Å². The molecule has 0 radical (unpaired) electrons. The summed E-state index contributed by atoms with van der Waals surface area (Å²) in [6, 6.07) is 0. The Kier molecular flexibility index (Phi) is 4.36. The predicted octanol–water partition coefficient (Wildman–Crippen LogP) is 2.67. The molecule has 0 amide bonds. The first-order valence-corrected chi connectivity index (χ1v) is 6.38. The van der Waals surface area contributed by atoms with Gasteiger partial charge in [-0.3, -0.25) is 4.79 Å². The van der Waals surface area contributed by atoms with Gasteiger partial charge in [-0.05, 0) is 24.7 Å². The van der Waals surface area contributed by atoms with E-state index in [2.05, 4.69) is 0 Å². The molecule has 0 saturated heterocycles. The Morgan fingerprint density at radius 3 is 2.50 bits per heavy atom. The highest BCUT2D eigenvalue weighted by atomic mass is 16.4. The number of carboxylic acid groups (broad SMARTS) is 1. The monoisotopic (exact) mass is 228 g/mol. The van der Waals surface area contributed by atoms with Crippen LogP contribution in [0.3, 0.4) is 0 Å². The number of carboxylic acids is 1. The van der Waals surface area contributed by atoms with Crippen molar-refractivity contribution in [3.63, 3.8) is 0 Å². The molecule has 1 aliphatic rings. The molecule has 0 bridgehead atoms. The van der Waals surface area contributed by atoms with E-state index in [0.717, 1.165) is 25.7 Å². The molecule has 3 unspecified atom stereocenters. The minimum atomic E-state index is -0.993. The van der Waals surface area contributed by atoms with Crippen LogP contribution in [0.15, 0.2) is 0 Å². The summed E-state index contributed by atoms with van der Waals surface area (Å²) in [5.41, 5.74) is -0.993. The van der Waals surface area contributed by atoms with Gasteiger partial charge in [0.25, 0.3) is 0 Å². The summed E-state index contributed by atoms with van der Waals surface area (Å²) in [5.74, 6) is -1.35. The van der Waals surface area contributed by atoms with Crippen LogP contribution in [0.1, 0.15) is 52.9 Å². The van der Waals surface area contributed by atoms with Crippen molar-refractivity contribution >= 4 is 5.97 Å². The highest BCUT2D eigenvalue weighted by Crippen LogP contribution is 2.43. The van der Waals surface area contributed by atoms with Gasteiger partial charge in [-0.15, -0.1) is 0 Å². The first kappa shape index (κ1) is 13.5. The first-order valence-electron chi connectivity index (χ1n) is 6.38. The zero-order valence-corrected chi connectivity index (χ0v) is 10.6. The summed E-state index contributed by atoms with van der Waals surface area (Å²) in [4.78, 5) is 11.3. The molecule has 0 heterocycles. The van der Waals surface area contributed by atoms with Gasteiger partial charge < -0.3 is 10.2 Å². The van der Waals surface area contributed by atoms with Crippen molar-refractivity contribution in [2.45, 2.75) is 58.5 Å². The average molecular weight is 228 g/mol. The molecule has 1 fully saturated rings. The fraction of sp³-hybridized carbons (Fsp3) is 0.923. The van der Waals surface area contributed by atoms with Crippen molar-refractivity contribution < 1.29 is 15.0 Å². The van der Waals surface area contributed by atoms with Crippen molar-refractivity contribution in [2.24, 2.45) is 17.8 Å². The molecule has 2 N–H and O–H groups in total. The molecule has 0 aromatic carbocycles. The van der Waals surface area contributed by atoms with Crippen LogP contribution < -0.4 is 0 Å². The van der Waals surface area contributed by atoms with E-state index in [1.165, 1.54) is 0 Å². The maximum Gasteiger partial charge on any atom is 0.309 e. The van der Waals surface area contributed by atoms with Gasteiger partial charge in [-0.25, -0.2) is 0 Å². The number of hydrogen-bond donors (Lipinski definition) is 2. The molecule has 3 heteroatoms. The molecule has 3 nitrogen and oxygen atoms in total. The lowest BCUT2D eigenvalue weighted by molar-refractivity contribution is -0.167. The smallest absolute Gasteiger partial charge is 0.309 e. The minimum absolute atomic E-state index is 0.0188. The van der Waals surface area contributed by atoms with Gasteiger partial charge >= 0.3 is 5.97 Å². The molecule has 3 atom stereocenters. The van der Waals surface area contributed by atoms with Gasteiger partial charge in [0.2, 0.25) is 0 Å². The maximum absolute atomic E-state index is 11.3.